The summed E-state index contributed by atoms with van der Waals surface area (Å²) in [6.45, 7) is 0. The van der Waals surface area contributed by atoms with Crippen LogP contribution in [0.15, 0.2) is 30.3 Å². The molecule has 1 radical (unpaired) electrons. The van der Waals surface area contributed by atoms with Crippen LogP contribution in [0.1, 0.15) is 0 Å². The van der Waals surface area contributed by atoms with E-state index in [1.807, 2.05) is 0 Å². The molecule has 0 N–H and O–H groups in total. The lowest BCUT2D eigenvalue weighted by Gasteiger charge is -1.99. The minimum Gasteiger partial charge on any atom is -0.258 e. The van der Waals surface area contributed by atoms with E-state index in [1.165, 1.54) is 12.1 Å². The van der Waals surface area contributed by atoms with Gasteiger partial charge in [0.1, 0.15) is 0 Å². The van der Waals surface area contributed by atoms with Crippen molar-refractivity contribution in [2.75, 3.05) is 0 Å². The number of nitro benzene ring substituents is 2. The Labute approximate surface area is 89.4 Å². The zero-order valence-electron chi connectivity index (χ0n) is 7.91. The highest BCUT2D eigenvalue weighted by molar-refractivity contribution is 5.94. The quantitative estimate of drug-likeness (QED) is 0.571. The van der Waals surface area contributed by atoms with E-state index < -0.39 is 21.2 Å². The van der Waals surface area contributed by atoms with Crippen LogP contribution >= 0.6 is 0 Å². The molecule has 0 saturated carbocycles. The van der Waals surface area contributed by atoms with Gasteiger partial charge in [-0.2, -0.15) is 0 Å². The van der Waals surface area contributed by atoms with E-state index in [0.717, 1.165) is 6.07 Å². The highest BCUT2D eigenvalue weighted by Crippen LogP contribution is 2.34. The maximum atomic E-state index is 10.8. The van der Waals surface area contributed by atoms with Crippen molar-refractivity contribution < 1.29 is 9.85 Å². The largest absolute Gasteiger partial charge is 0.353 e. The van der Waals surface area contributed by atoms with Crippen molar-refractivity contribution in [3.8, 4) is 0 Å². The van der Waals surface area contributed by atoms with Crippen LogP contribution in [0.5, 0.6) is 0 Å². The Morgan fingerprint density at radius 2 is 1.81 bits per heavy atom. The molecule has 0 spiro atoms. The van der Waals surface area contributed by atoms with E-state index >= 15 is 0 Å². The number of hydrogen-bond donors (Lipinski definition) is 0. The molecule has 0 unspecified atom stereocenters. The smallest absolute Gasteiger partial charge is 0.258 e. The highest BCUT2D eigenvalue weighted by Gasteiger charge is 2.26. The molecule has 6 heteroatoms. The Kier molecular flexibility index (Phi) is 2.24. The van der Waals surface area contributed by atoms with Crippen LogP contribution in [0, 0.1) is 26.3 Å². The molecule has 0 fully saturated rings. The Hall–Kier alpha value is -2.50. The predicted molar refractivity (Wildman–Crippen MR) is 56.1 cm³/mol. The summed E-state index contributed by atoms with van der Waals surface area (Å²) in [6, 6.07) is 9.97. The number of benzene rings is 2. The van der Waals surface area contributed by atoms with Crippen LogP contribution in [0.3, 0.4) is 0 Å². The van der Waals surface area contributed by atoms with Gasteiger partial charge in [0.15, 0.2) is 0 Å². The van der Waals surface area contributed by atoms with Crippen LogP contribution in [0.2, 0.25) is 0 Å². The summed E-state index contributed by atoms with van der Waals surface area (Å²) >= 11 is 0. The second-order valence-electron chi connectivity index (χ2n) is 3.08. The molecule has 79 valence electrons. The second kappa shape index (κ2) is 3.58. The van der Waals surface area contributed by atoms with Gasteiger partial charge in [0.25, 0.3) is 0 Å². The summed E-state index contributed by atoms with van der Waals surface area (Å²) in [5.41, 5.74) is -0.989. The van der Waals surface area contributed by atoms with Crippen LogP contribution in [0.25, 0.3) is 10.8 Å². The first-order valence-corrected chi connectivity index (χ1v) is 4.33. The van der Waals surface area contributed by atoms with Crippen molar-refractivity contribution in [1.82, 2.24) is 0 Å². The zero-order chi connectivity index (χ0) is 11.7. The van der Waals surface area contributed by atoms with Crippen LogP contribution in [-0.4, -0.2) is 9.85 Å². The average molecular weight is 217 g/mol. The maximum absolute atomic E-state index is 10.8. The van der Waals surface area contributed by atoms with E-state index in [0.29, 0.717) is 5.39 Å². The lowest BCUT2D eigenvalue weighted by Crippen LogP contribution is -1.97. The first-order chi connectivity index (χ1) is 7.61. The summed E-state index contributed by atoms with van der Waals surface area (Å²) in [5.74, 6) is 0. The minimum absolute atomic E-state index is 0.224. The number of nitro groups is 2. The predicted octanol–water partition coefficient (Wildman–Crippen LogP) is 2.46. The molecule has 6 nitrogen and oxygen atoms in total. The van der Waals surface area contributed by atoms with Crippen LogP contribution < -0.4 is 0 Å². The maximum Gasteiger partial charge on any atom is 0.353 e. The summed E-state index contributed by atoms with van der Waals surface area (Å²) in [7, 11) is 0. The Balaban J connectivity index is 2.90. The molecule has 0 bridgehead atoms. The molecule has 0 aliphatic carbocycles. The third-order valence-corrected chi connectivity index (χ3v) is 2.17. The van der Waals surface area contributed by atoms with Crippen molar-refractivity contribution in [2.24, 2.45) is 0 Å². The van der Waals surface area contributed by atoms with Gasteiger partial charge in [-0.25, -0.2) is 0 Å². The number of rotatable bonds is 2. The molecule has 2 aromatic carbocycles. The number of hydrogen-bond acceptors (Lipinski definition) is 4. The molecule has 0 saturated heterocycles. The fraction of sp³-hybridized carbons (Fsp3) is 0. The van der Waals surface area contributed by atoms with Crippen molar-refractivity contribution in [3.63, 3.8) is 0 Å². The monoisotopic (exact) mass is 217 g/mol. The topological polar surface area (TPSA) is 86.3 Å². The Bertz CT molecular complexity index is 594. The lowest BCUT2D eigenvalue weighted by molar-refractivity contribution is -0.421. The molecule has 0 atom stereocenters. The van der Waals surface area contributed by atoms with Crippen LogP contribution in [-0.2, 0) is 0 Å². The van der Waals surface area contributed by atoms with Crippen molar-refractivity contribution in [3.05, 3.63) is 56.6 Å². The van der Waals surface area contributed by atoms with Crippen molar-refractivity contribution in [2.45, 2.75) is 0 Å². The van der Waals surface area contributed by atoms with Gasteiger partial charge in [-0.15, -0.1) is 0 Å². The van der Waals surface area contributed by atoms with Gasteiger partial charge in [-0.1, -0.05) is 12.1 Å². The average Bonchev–Trinajstić information content (AvgIpc) is 2.27. The molecule has 0 heterocycles. The van der Waals surface area contributed by atoms with Gasteiger partial charge in [-0.05, 0) is 23.6 Å². The van der Waals surface area contributed by atoms with E-state index in [1.54, 1.807) is 12.1 Å². The third kappa shape index (κ3) is 1.46. The molecular formula is C10H5N2O4. The van der Waals surface area contributed by atoms with Crippen LogP contribution in [0.4, 0.5) is 11.4 Å². The molecular weight excluding hydrogens is 212 g/mol. The summed E-state index contributed by atoms with van der Waals surface area (Å²) in [4.78, 5) is 20.0. The first-order valence-electron chi connectivity index (χ1n) is 4.33. The normalized spacial score (nSPS) is 10.2. The number of fused-ring (bicyclic) bond motifs is 1. The zero-order valence-corrected chi connectivity index (χ0v) is 7.91. The van der Waals surface area contributed by atoms with Gasteiger partial charge < -0.3 is 0 Å². The Morgan fingerprint density at radius 1 is 1.06 bits per heavy atom. The summed E-state index contributed by atoms with van der Waals surface area (Å²) < 4.78 is 0. The van der Waals surface area contributed by atoms with Crippen molar-refractivity contribution in [1.29, 1.82) is 0 Å². The SMILES string of the molecule is O=[N+]([O-])c1ccc2[c]cccc2c1[N+](=O)[O-]. The third-order valence-electron chi connectivity index (χ3n) is 2.17. The van der Waals surface area contributed by atoms with Gasteiger partial charge >= 0.3 is 11.4 Å². The fourth-order valence-electron chi connectivity index (χ4n) is 1.51. The first kappa shape index (κ1) is 10.0. The summed E-state index contributed by atoms with van der Waals surface area (Å²) in [5, 5.41) is 22.2. The molecule has 0 amide bonds. The van der Waals surface area contributed by atoms with Gasteiger partial charge in [0.05, 0.1) is 15.2 Å². The summed E-state index contributed by atoms with van der Waals surface area (Å²) in [6.07, 6.45) is 0. The van der Waals surface area contributed by atoms with E-state index in [2.05, 4.69) is 6.07 Å². The fourth-order valence-corrected chi connectivity index (χ4v) is 1.51. The van der Waals surface area contributed by atoms with Gasteiger partial charge in [0.2, 0.25) is 0 Å². The highest BCUT2D eigenvalue weighted by atomic mass is 16.6. The van der Waals surface area contributed by atoms with E-state index in [9.17, 15) is 20.2 Å². The van der Waals surface area contributed by atoms with Gasteiger partial charge in [0, 0.05) is 6.07 Å². The second-order valence-corrected chi connectivity index (χ2v) is 3.08. The van der Waals surface area contributed by atoms with E-state index in [-0.39, 0.29) is 5.39 Å². The van der Waals surface area contributed by atoms with E-state index in [4.69, 9.17) is 0 Å². The molecule has 0 aliphatic rings. The molecule has 16 heavy (non-hydrogen) atoms. The van der Waals surface area contributed by atoms with Gasteiger partial charge in [-0.3, -0.25) is 20.2 Å². The standard InChI is InChI=1S/C10H5N2O4/c13-11(14)9-6-5-7-3-1-2-4-8(7)10(9)12(15)16/h1-2,4-6H. The lowest BCUT2D eigenvalue weighted by atomic mass is 10.1. The molecule has 0 aromatic heterocycles. The Morgan fingerprint density at radius 3 is 2.44 bits per heavy atom. The molecule has 2 aromatic rings. The van der Waals surface area contributed by atoms with Crippen molar-refractivity contribution >= 4 is 22.1 Å². The molecule has 0 aliphatic heterocycles. The molecule has 2 rings (SSSR count). The minimum atomic E-state index is -0.759. The number of nitrogens with zero attached hydrogens (tertiary/aromatic N) is 2.